The van der Waals surface area contributed by atoms with Crippen LogP contribution in [0.2, 0.25) is 0 Å². The highest BCUT2D eigenvalue weighted by Gasteiger charge is 2.23. The summed E-state index contributed by atoms with van der Waals surface area (Å²) in [6, 6.07) is 7.16. The molecule has 4 nitrogen and oxygen atoms in total. The van der Waals surface area contributed by atoms with Gasteiger partial charge in [-0.3, -0.25) is 9.59 Å². The molecule has 0 saturated carbocycles. The third-order valence-electron chi connectivity index (χ3n) is 2.26. The van der Waals surface area contributed by atoms with Gasteiger partial charge in [-0.1, -0.05) is 31.2 Å². The SMILES string of the molecule is CCc1cccc(C(C(N)=O)C(N)=O)c1. The number of rotatable bonds is 4. The Bertz CT molecular complexity index is 374. The highest BCUT2D eigenvalue weighted by Crippen LogP contribution is 2.16. The van der Waals surface area contributed by atoms with Crippen LogP contribution in [-0.2, 0) is 16.0 Å². The van der Waals surface area contributed by atoms with Crippen molar-refractivity contribution in [2.45, 2.75) is 19.3 Å². The maximum Gasteiger partial charge on any atom is 0.234 e. The Morgan fingerprint density at radius 1 is 1.27 bits per heavy atom. The number of carbonyl (C=O) groups is 2. The van der Waals surface area contributed by atoms with E-state index >= 15 is 0 Å². The zero-order valence-corrected chi connectivity index (χ0v) is 8.57. The van der Waals surface area contributed by atoms with Crippen molar-refractivity contribution in [3.63, 3.8) is 0 Å². The fourth-order valence-corrected chi connectivity index (χ4v) is 1.46. The molecule has 15 heavy (non-hydrogen) atoms. The quantitative estimate of drug-likeness (QED) is 0.694. The molecule has 0 spiro atoms. The van der Waals surface area contributed by atoms with Crippen LogP contribution in [0.15, 0.2) is 24.3 Å². The topological polar surface area (TPSA) is 86.2 Å². The fourth-order valence-electron chi connectivity index (χ4n) is 1.46. The first-order chi connectivity index (χ1) is 7.06. The van der Waals surface area contributed by atoms with E-state index in [-0.39, 0.29) is 0 Å². The number of amides is 2. The van der Waals surface area contributed by atoms with Crippen LogP contribution in [0.5, 0.6) is 0 Å². The summed E-state index contributed by atoms with van der Waals surface area (Å²) in [6.07, 6.45) is 0.831. The third-order valence-corrected chi connectivity index (χ3v) is 2.26. The van der Waals surface area contributed by atoms with Gasteiger partial charge in [0, 0.05) is 0 Å². The first-order valence-corrected chi connectivity index (χ1v) is 4.73. The molecule has 1 aromatic rings. The highest BCUT2D eigenvalue weighted by atomic mass is 16.2. The van der Waals surface area contributed by atoms with Crippen molar-refractivity contribution < 1.29 is 9.59 Å². The van der Waals surface area contributed by atoms with Gasteiger partial charge in [0.25, 0.3) is 0 Å². The van der Waals surface area contributed by atoms with E-state index in [1.54, 1.807) is 18.2 Å². The Hall–Kier alpha value is -1.84. The van der Waals surface area contributed by atoms with Crippen LogP contribution in [0.1, 0.15) is 24.0 Å². The monoisotopic (exact) mass is 206 g/mol. The lowest BCUT2D eigenvalue weighted by molar-refractivity contribution is -0.128. The minimum absolute atomic E-state index is 0.564. The molecule has 1 rings (SSSR count). The summed E-state index contributed by atoms with van der Waals surface area (Å²) >= 11 is 0. The number of hydrogen-bond acceptors (Lipinski definition) is 2. The Morgan fingerprint density at radius 3 is 2.33 bits per heavy atom. The summed E-state index contributed by atoms with van der Waals surface area (Å²) in [6.45, 7) is 1.99. The molecule has 0 saturated heterocycles. The maximum atomic E-state index is 11.1. The van der Waals surface area contributed by atoms with Crippen molar-refractivity contribution in [1.29, 1.82) is 0 Å². The second-order valence-corrected chi connectivity index (χ2v) is 3.34. The second-order valence-electron chi connectivity index (χ2n) is 3.34. The fraction of sp³-hybridized carbons (Fsp3) is 0.273. The van der Waals surface area contributed by atoms with Gasteiger partial charge in [-0.15, -0.1) is 0 Å². The largest absolute Gasteiger partial charge is 0.369 e. The van der Waals surface area contributed by atoms with Crippen molar-refractivity contribution in [1.82, 2.24) is 0 Å². The van der Waals surface area contributed by atoms with E-state index in [2.05, 4.69) is 0 Å². The summed E-state index contributed by atoms with van der Waals surface area (Å²) in [7, 11) is 0. The van der Waals surface area contributed by atoms with Gasteiger partial charge < -0.3 is 11.5 Å². The van der Waals surface area contributed by atoms with Crippen LogP contribution in [0, 0.1) is 0 Å². The van der Waals surface area contributed by atoms with Gasteiger partial charge in [0.2, 0.25) is 11.8 Å². The molecule has 0 aromatic heterocycles. The lowest BCUT2D eigenvalue weighted by Gasteiger charge is -2.10. The second kappa shape index (κ2) is 4.59. The Balaban J connectivity index is 3.11. The third kappa shape index (κ3) is 2.56. The van der Waals surface area contributed by atoms with E-state index in [1.807, 2.05) is 13.0 Å². The number of primary amides is 2. The number of nitrogens with two attached hydrogens (primary N) is 2. The molecule has 0 atom stereocenters. The van der Waals surface area contributed by atoms with Crippen molar-refractivity contribution in [3.8, 4) is 0 Å². The summed E-state index contributed by atoms with van der Waals surface area (Å²) in [5, 5.41) is 0. The lowest BCUT2D eigenvalue weighted by atomic mass is 9.95. The van der Waals surface area contributed by atoms with Gasteiger partial charge >= 0.3 is 0 Å². The van der Waals surface area contributed by atoms with E-state index in [4.69, 9.17) is 11.5 Å². The summed E-state index contributed by atoms with van der Waals surface area (Å²) < 4.78 is 0. The van der Waals surface area contributed by atoms with E-state index in [0.29, 0.717) is 5.56 Å². The first-order valence-electron chi connectivity index (χ1n) is 4.73. The molecule has 4 N–H and O–H groups in total. The van der Waals surface area contributed by atoms with Crippen LogP contribution in [0.25, 0.3) is 0 Å². The molecule has 0 aliphatic rings. The van der Waals surface area contributed by atoms with Crippen LogP contribution in [0.4, 0.5) is 0 Å². The number of hydrogen-bond donors (Lipinski definition) is 2. The normalized spacial score (nSPS) is 10.3. The predicted octanol–water partition coefficient (Wildman–Crippen LogP) is 0.303. The van der Waals surface area contributed by atoms with E-state index in [0.717, 1.165) is 12.0 Å². The molecular formula is C11H14N2O2. The zero-order chi connectivity index (χ0) is 11.4. The molecule has 1 aromatic carbocycles. The van der Waals surface area contributed by atoms with E-state index < -0.39 is 17.7 Å². The average molecular weight is 206 g/mol. The zero-order valence-electron chi connectivity index (χ0n) is 8.57. The molecule has 0 heterocycles. The van der Waals surface area contributed by atoms with Crippen LogP contribution < -0.4 is 11.5 Å². The van der Waals surface area contributed by atoms with Gasteiger partial charge in [0.15, 0.2) is 0 Å². The molecule has 2 amide bonds. The van der Waals surface area contributed by atoms with E-state index in [1.165, 1.54) is 0 Å². The molecule has 0 aliphatic heterocycles. The Labute approximate surface area is 88.3 Å². The summed E-state index contributed by atoms with van der Waals surface area (Å²) in [5.74, 6) is -2.46. The van der Waals surface area contributed by atoms with Crippen LogP contribution in [0.3, 0.4) is 0 Å². The van der Waals surface area contributed by atoms with Crippen molar-refractivity contribution in [2.75, 3.05) is 0 Å². The molecular weight excluding hydrogens is 192 g/mol. The van der Waals surface area contributed by atoms with Gasteiger partial charge in [-0.25, -0.2) is 0 Å². The molecule has 4 heteroatoms. The molecule has 0 fully saturated rings. The smallest absolute Gasteiger partial charge is 0.234 e. The maximum absolute atomic E-state index is 11.1. The first kappa shape index (κ1) is 11.2. The molecule has 80 valence electrons. The van der Waals surface area contributed by atoms with Crippen molar-refractivity contribution in [2.24, 2.45) is 11.5 Å². The minimum Gasteiger partial charge on any atom is -0.369 e. The number of aryl methyl sites for hydroxylation is 1. The highest BCUT2D eigenvalue weighted by molar-refractivity contribution is 6.04. The summed E-state index contributed by atoms with van der Waals surface area (Å²) in [4.78, 5) is 22.1. The van der Waals surface area contributed by atoms with E-state index in [9.17, 15) is 9.59 Å². The standard InChI is InChI=1S/C11H14N2O2/c1-2-7-4-3-5-8(6-7)9(10(12)14)11(13)15/h3-6,9H,2H2,1H3,(H2,12,14)(H2,13,15). The minimum atomic E-state index is -1.03. The molecule has 0 aliphatic carbocycles. The average Bonchev–Trinajstić information content (AvgIpc) is 2.17. The predicted molar refractivity (Wildman–Crippen MR) is 56.9 cm³/mol. The van der Waals surface area contributed by atoms with Crippen molar-refractivity contribution >= 4 is 11.8 Å². The van der Waals surface area contributed by atoms with Crippen molar-refractivity contribution in [3.05, 3.63) is 35.4 Å². The van der Waals surface area contributed by atoms with Crippen LogP contribution in [-0.4, -0.2) is 11.8 Å². The van der Waals surface area contributed by atoms with Gasteiger partial charge in [0.1, 0.15) is 5.92 Å². The van der Waals surface area contributed by atoms with Crippen LogP contribution >= 0.6 is 0 Å². The van der Waals surface area contributed by atoms with Gasteiger partial charge in [-0.05, 0) is 17.5 Å². The molecule has 0 radical (unpaired) electrons. The Morgan fingerprint density at radius 2 is 1.87 bits per heavy atom. The van der Waals surface area contributed by atoms with Gasteiger partial charge in [0.05, 0.1) is 0 Å². The van der Waals surface area contributed by atoms with Gasteiger partial charge in [-0.2, -0.15) is 0 Å². The number of carbonyl (C=O) groups excluding carboxylic acids is 2. The molecule has 0 unspecified atom stereocenters. The summed E-state index contributed by atoms with van der Waals surface area (Å²) in [5.41, 5.74) is 11.8. The molecule has 0 bridgehead atoms. The Kier molecular flexibility index (Phi) is 3.44. The lowest BCUT2D eigenvalue weighted by Crippen LogP contribution is -2.33. The number of benzene rings is 1.